The lowest BCUT2D eigenvalue weighted by atomic mass is 10.0. The van der Waals surface area contributed by atoms with Gasteiger partial charge in [0.1, 0.15) is 41.4 Å². The third-order valence-corrected chi connectivity index (χ3v) is 22.9. The number of nitrogens with zero attached hydrogens (tertiary/aromatic N) is 6. The number of aliphatic carboxylic acids is 1. The summed E-state index contributed by atoms with van der Waals surface area (Å²) in [6.07, 6.45) is 15.6. The van der Waals surface area contributed by atoms with Crippen LogP contribution in [0, 0.1) is 63.1 Å². The Morgan fingerprint density at radius 3 is 1.18 bits per heavy atom. The first kappa shape index (κ1) is 89.2. The minimum atomic E-state index is -1.06. The number of aromatic amines is 4. The van der Waals surface area contributed by atoms with Gasteiger partial charge in [0.15, 0.2) is 0 Å². The number of benzene rings is 4. The van der Waals surface area contributed by atoms with Crippen molar-refractivity contribution in [1.29, 1.82) is 0 Å². The number of methoxy groups -OCH3 is 3. The lowest BCUT2D eigenvalue weighted by molar-refractivity contribution is -0.140. The molecule has 8 aliphatic rings. The molecule has 25 nitrogen and oxygen atoms in total. The van der Waals surface area contributed by atoms with Crippen LogP contribution in [-0.2, 0) is 28.6 Å². The fraction of sp³-hybridized carbons (Fsp3) is 0.481. The number of aromatic nitrogens is 8. The molecule has 0 bridgehead atoms. The Hall–Kier alpha value is -8.40. The Balaban J connectivity index is 0.000000249. The van der Waals surface area contributed by atoms with Crippen LogP contribution in [0.15, 0.2) is 97.3 Å². The van der Waals surface area contributed by atoms with Crippen LogP contribution in [0.4, 0.5) is 14.4 Å². The van der Waals surface area contributed by atoms with Crippen molar-refractivity contribution in [2.75, 3.05) is 47.5 Å². The Morgan fingerprint density at radius 2 is 0.795 bits per heavy atom. The minimum Gasteiger partial charge on any atom is -0.480 e. The van der Waals surface area contributed by atoms with E-state index in [9.17, 15) is 28.8 Å². The number of carbonyl (C=O) groups excluding carboxylic acids is 5. The van der Waals surface area contributed by atoms with Crippen LogP contribution < -0.4 is 26.6 Å². The van der Waals surface area contributed by atoms with E-state index in [1.807, 2.05) is 92.4 Å². The fourth-order valence-corrected chi connectivity index (χ4v) is 15.5. The highest BCUT2D eigenvalue weighted by Gasteiger charge is 2.57. The van der Waals surface area contributed by atoms with Crippen molar-refractivity contribution in [3.8, 4) is 46.2 Å². The molecule has 5 amide bonds. The number of likely N-dealkylation sites (tertiary alicyclic amines) is 2. The van der Waals surface area contributed by atoms with Gasteiger partial charge in [0, 0.05) is 48.4 Å². The van der Waals surface area contributed by atoms with Crippen LogP contribution in [0.1, 0.15) is 188 Å². The summed E-state index contributed by atoms with van der Waals surface area (Å²) in [5, 5.41) is 23.6. The second-order valence-electron chi connectivity index (χ2n) is 31.8. The molecule has 4 saturated heterocycles. The summed E-state index contributed by atoms with van der Waals surface area (Å²) in [7, 11) is 3.79. The number of carboxylic acids is 1. The standard InChI is InChI=1S/C44H52N8O6.C30H30N6.C7H13NO4.6H2S/c1-25(2)35(49-41(55)57-5)39(53)51-23-43(15-16-43)20-33(51)37-45-22-32(48-37)29-12-9-27(10-13-29)7-8-28-11-14-30-31(19-28)47-38(46-30)34-21-44(17-18-44)24-52(34)40(54)36(26(3)4)50-42(56)58-6;1(2-20-5-8-22-23(13-20)35-28(34-22)25-15-30(11-12-30)18-33-25)19-3-6-21(7-4-19)26-16-31-27(36-26)24-14-29(9-10-29)17-32-24;1-4(2)5(6(9)10)8-7(11)12-3;;;;;;/h9-14,19,22,25-26,33-36H,15-18,20-21,23-24H2,1-6H3,(H,45,48)(H,46,47)(H,49,55)(H,50,56);3-8,13,16,24-25,32-33H,9-12,14-15,17-18H2,(H,31,36)(H,34,35);4-5H,1-3H3,(H,8,11)(H,9,10);6*1H2/t33-,34?,35-,36-;24-,25?;;;;;;;/m00......./s1. The number of nitrogens with one attached hydrogen (secondary N) is 9. The second kappa shape index (κ2) is 36.8. The lowest BCUT2D eigenvalue weighted by Crippen LogP contribution is -2.51. The molecule has 4 saturated carbocycles. The Bertz CT molecular complexity index is 4790. The number of rotatable bonds is 15. The molecule has 8 heterocycles. The topological polar surface area (TPSA) is 332 Å². The van der Waals surface area contributed by atoms with E-state index in [-0.39, 0.29) is 133 Å². The van der Waals surface area contributed by atoms with Crippen molar-refractivity contribution in [3.63, 3.8) is 0 Å². The fourth-order valence-electron chi connectivity index (χ4n) is 15.5. The average Bonchev–Trinajstić information content (AvgIpc) is 1.59. The molecule has 16 rings (SSSR count). The number of amides is 5. The zero-order valence-corrected chi connectivity index (χ0v) is 70.6. The zero-order valence-electron chi connectivity index (χ0n) is 64.6. The number of hydrogen-bond acceptors (Lipinski definition) is 15. The van der Waals surface area contributed by atoms with Gasteiger partial charge in [0.05, 0.1) is 91.3 Å². The quantitative estimate of drug-likeness (QED) is 0.0337. The van der Waals surface area contributed by atoms with Gasteiger partial charge in [-0.2, -0.15) is 81.0 Å². The van der Waals surface area contributed by atoms with E-state index in [4.69, 9.17) is 29.5 Å². The number of H-pyrrole nitrogens is 4. The van der Waals surface area contributed by atoms with Crippen molar-refractivity contribution < 1.29 is 48.1 Å². The summed E-state index contributed by atoms with van der Waals surface area (Å²) in [4.78, 5) is 110. The maximum atomic E-state index is 13.9. The molecular formula is C81H107N15O10S6. The van der Waals surface area contributed by atoms with Gasteiger partial charge in [0.2, 0.25) is 11.8 Å². The van der Waals surface area contributed by atoms with Gasteiger partial charge in [-0.15, -0.1) is 0 Å². The summed E-state index contributed by atoms with van der Waals surface area (Å²) in [5.41, 5.74) is 12.7. The van der Waals surface area contributed by atoms with E-state index in [0.717, 1.165) is 142 Å². The normalized spacial score (nSPS) is 20.1. The molecule has 31 heteroatoms. The first-order valence-electron chi connectivity index (χ1n) is 37.1. The van der Waals surface area contributed by atoms with Crippen LogP contribution in [0.5, 0.6) is 0 Å². The highest BCUT2D eigenvalue weighted by Crippen LogP contribution is 2.60. The number of carbonyl (C=O) groups is 6. The molecule has 4 aromatic carbocycles. The Labute approximate surface area is 695 Å². The number of ether oxygens (including phenoxy) is 3. The molecule has 4 aromatic heterocycles. The lowest BCUT2D eigenvalue weighted by Gasteiger charge is -2.30. The van der Waals surface area contributed by atoms with E-state index in [0.29, 0.717) is 36.0 Å². The van der Waals surface area contributed by atoms with Crippen molar-refractivity contribution >= 4 is 139 Å². The van der Waals surface area contributed by atoms with Crippen molar-refractivity contribution in [3.05, 3.63) is 143 Å². The zero-order chi connectivity index (χ0) is 74.4. The maximum absolute atomic E-state index is 13.9. The molecule has 602 valence electrons. The summed E-state index contributed by atoms with van der Waals surface area (Å²) in [5.74, 6) is 15.1. The maximum Gasteiger partial charge on any atom is 0.407 e. The van der Waals surface area contributed by atoms with Gasteiger partial charge < -0.3 is 75.6 Å². The van der Waals surface area contributed by atoms with Crippen LogP contribution in [0.2, 0.25) is 0 Å². The average molecular weight is 1640 g/mol. The van der Waals surface area contributed by atoms with E-state index < -0.39 is 42.4 Å². The third-order valence-electron chi connectivity index (χ3n) is 22.9. The predicted octanol–water partition coefficient (Wildman–Crippen LogP) is 12.3. The largest absolute Gasteiger partial charge is 0.480 e. The second-order valence-corrected chi connectivity index (χ2v) is 31.8. The molecule has 8 fully saturated rings. The molecule has 112 heavy (non-hydrogen) atoms. The Kier molecular flexibility index (Phi) is 29.3. The van der Waals surface area contributed by atoms with Gasteiger partial charge in [-0.05, 0) is 188 Å². The number of imidazole rings is 4. The smallest absolute Gasteiger partial charge is 0.407 e. The van der Waals surface area contributed by atoms with Gasteiger partial charge >= 0.3 is 24.2 Å². The summed E-state index contributed by atoms with van der Waals surface area (Å²) >= 11 is 0. The van der Waals surface area contributed by atoms with Gasteiger partial charge in [-0.25, -0.2) is 39.1 Å². The summed E-state index contributed by atoms with van der Waals surface area (Å²) < 4.78 is 13.9. The molecule has 8 aromatic rings. The van der Waals surface area contributed by atoms with E-state index in [1.165, 1.54) is 59.9 Å². The van der Waals surface area contributed by atoms with Crippen molar-refractivity contribution in [1.82, 2.24) is 76.3 Å². The minimum absolute atomic E-state index is 0. The molecule has 4 spiro atoms. The van der Waals surface area contributed by atoms with Gasteiger partial charge in [0.25, 0.3) is 0 Å². The monoisotopic (exact) mass is 1640 g/mol. The summed E-state index contributed by atoms with van der Waals surface area (Å²) in [6.45, 7) is 14.6. The van der Waals surface area contributed by atoms with Crippen molar-refractivity contribution in [2.45, 2.75) is 161 Å². The first-order valence-corrected chi connectivity index (χ1v) is 37.1. The van der Waals surface area contributed by atoms with Crippen LogP contribution in [-0.4, -0.2) is 156 Å². The Morgan fingerprint density at radius 1 is 0.446 bits per heavy atom. The highest BCUT2D eigenvalue weighted by atomic mass is 32.1. The summed E-state index contributed by atoms with van der Waals surface area (Å²) in [6, 6.07) is 26.5. The highest BCUT2D eigenvalue weighted by molar-refractivity contribution is 7.60. The molecule has 4 aliphatic carbocycles. The molecule has 4 aliphatic heterocycles. The third kappa shape index (κ3) is 20.2. The van der Waals surface area contributed by atoms with Crippen molar-refractivity contribution in [2.24, 2.45) is 39.4 Å². The number of alkyl carbamates (subject to hydrolysis) is 3. The van der Waals surface area contributed by atoms with Crippen LogP contribution in [0.25, 0.3) is 44.6 Å². The van der Waals surface area contributed by atoms with E-state index >= 15 is 0 Å². The first-order chi connectivity index (χ1) is 50.9. The van der Waals surface area contributed by atoms with E-state index in [2.05, 4.69) is 122 Å². The molecular weight excluding hydrogens is 1540 g/mol. The molecule has 10 N–H and O–H groups in total. The molecule has 0 radical (unpaired) electrons. The molecule has 7 atom stereocenters. The van der Waals surface area contributed by atoms with Crippen LogP contribution >= 0.6 is 81.0 Å². The van der Waals surface area contributed by atoms with E-state index in [1.54, 1.807) is 13.8 Å². The van der Waals surface area contributed by atoms with Gasteiger partial charge in [-0.3, -0.25) is 9.59 Å². The number of hydrogen-bond donors (Lipinski definition) is 10. The van der Waals surface area contributed by atoms with Gasteiger partial charge in [-0.1, -0.05) is 89.5 Å². The van der Waals surface area contributed by atoms with Crippen LogP contribution in [0.3, 0.4) is 0 Å². The predicted molar refractivity (Wildman–Crippen MR) is 460 cm³/mol. The molecule has 3 unspecified atom stereocenters. The SMILES string of the molecule is C(#Cc1ccc2nc(C3CC4(CC4)CN3)[nH]c2c1)c1ccc(-c2cnc([C@@H]3CC4(CC4)CN3)[nH]2)cc1.COC(=O)NC(C(=O)O)C(C)C.COC(=O)N[C@H](C(=O)N1CC2(CC2)CC1c1nc2ccc(C#Cc3ccc(-c4cnc([C@@H]5CC6(CC6)CN5C(=O)[C@@H](NC(=O)OC)C(C)C)[nH]4)cc3)cc2[nH]1)C(C)C.S.S.S.S.S.S. The number of carboxylic acid groups (broad SMARTS) is 1. The number of fused-ring (bicyclic) bond motifs is 2.